The second kappa shape index (κ2) is 38.7. The Morgan fingerprint density at radius 2 is 0.400 bits per heavy atom. The van der Waals surface area contributed by atoms with Gasteiger partial charge in [0.2, 0.25) is 0 Å². The van der Waals surface area contributed by atoms with Gasteiger partial charge in [0, 0.05) is 5.88 Å². The smallest absolute Gasteiger partial charge is 0.113 e. The van der Waals surface area contributed by atoms with Crippen LogP contribution < -0.4 is 0 Å². The molecule has 0 fully saturated rings. The molecular weight excluding hydrogens is 559 g/mol. The zero-order chi connectivity index (χ0) is 28.9. The molecule has 0 spiro atoms. The van der Waals surface area contributed by atoms with Gasteiger partial charge in [-0.1, -0.05) is 0 Å². The van der Waals surface area contributed by atoms with Crippen LogP contribution in [0.3, 0.4) is 0 Å². The van der Waals surface area contributed by atoms with E-state index in [1.807, 2.05) is 0 Å². The van der Waals surface area contributed by atoms with Crippen LogP contribution in [0.5, 0.6) is 0 Å². The topological polar surface area (TPSA) is 111 Å². The summed E-state index contributed by atoms with van der Waals surface area (Å²) in [5, 5.41) is 0. The standard InChI is InChI=1S/C26H52ClFO12/c27-1-3-29-5-7-31-9-11-33-13-15-35-17-19-37-21-23-39-25-26-40-24-22-38-20-18-36-16-14-34-12-10-32-8-6-30-4-2-28/h1-26H2. The number of hydrogen-bond acceptors (Lipinski definition) is 12. The Morgan fingerprint density at radius 1 is 0.250 bits per heavy atom. The molecule has 0 aliphatic heterocycles. The van der Waals surface area contributed by atoms with Gasteiger partial charge >= 0.3 is 0 Å². The molecule has 0 aromatic carbocycles. The number of hydrogen-bond donors (Lipinski definition) is 0. The average molecular weight is 611 g/mol. The van der Waals surface area contributed by atoms with Gasteiger partial charge in [0.15, 0.2) is 0 Å². The SMILES string of the molecule is FCCOCCOCCOCCOCCOCCOCCOCCOCCOCCOCCOCCOCCCl. The summed E-state index contributed by atoms with van der Waals surface area (Å²) in [6, 6.07) is 0. The molecule has 40 heavy (non-hydrogen) atoms. The van der Waals surface area contributed by atoms with Crippen LogP contribution in [0, 0.1) is 0 Å². The van der Waals surface area contributed by atoms with Gasteiger partial charge in [0.1, 0.15) is 6.67 Å². The summed E-state index contributed by atoms with van der Waals surface area (Å²) in [5.41, 5.74) is 0. The zero-order valence-electron chi connectivity index (χ0n) is 24.0. The van der Waals surface area contributed by atoms with Gasteiger partial charge in [-0.15, -0.1) is 11.6 Å². The Bertz CT molecular complexity index is 408. The first-order valence-electron chi connectivity index (χ1n) is 14.0. The van der Waals surface area contributed by atoms with Crippen molar-refractivity contribution in [2.24, 2.45) is 0 Å². The lowest BCUT2D eigenvalue weighted by Crippen LogP contribution is -2.15. The van der Waals surface area contributed by atoms with Crippen LogP contribution in [0.2, 0.25) is 0 Å². The molecule has 0 radical (unpaired) electrons. The van der Waals surface area contributed by atoms with Crippen molar-refractivity contribution in [1.82, 2.24) is 0 Å². The van der Waals surface area contributed by atoms with E-state index in [-0.39, 0.29) is 6.61 Å². The molecule has 0 atom stereocenters. The highest BCUT2D eigenvalue weighted by Crippen LogP contribution is 1.87. The number of halogens is 2. The highest BCUT2D eigenvalue weighted by Gasteiger charge is 1.96. The van der Waals surface area contributed by atoms with Gasteiger partial charge in [-0.3, -0.25) is 0 Å². The van der Waals surface area contributed by atoms with Crippen LogP contribution >= 0.6 is 11.6 Å². The van der Waals surface area contributed by atoms with E-state index >= 15 is 0 Å². The van der Waals surface area contributed by atoms with Gasteiger partial charge < -0.3 is 56.8 Å². The van der Waals surface area contributed by atoms with E-state index in [2.05, 4.69) is 0 Å². The zero-order valence-corrected chi connectivity index (χ0v) is 24.8. The summed E-state index contributed by atoms with van der Waals surface area (Å²) in [6.45, 7) is 11.1. The van der Waals surface area contributed by atoms with E-state index in [1.54, 1.807) is 0 Å². The third-order valence-corrected chi connectivity index (χ3v) is 4.69. The molecule has 0 aromatic heterocycles. The molecule has 0 unspecified atom stereocenters. The lowest BCUT2D eigenvalue weighted by atomic mass is 10.6. The Kier molecular flexibility index (Phi) is 38.5. The normalized spacial score (nSPS) is 11.6. The van der Waals surface area contributed by atoms with E-state index in [0.29, 0.717) is 158 Å². The highest BCUT2D eigenvalue weighted by molar-refractivity contribution is 6.17. The van der Waals surface area contributed by atoms with Crippen molar-refractivity contribution in [1.29, 1.82) is 0 Å². The third kappa shape index (κ3) is 37.7. The fourth-order valence-electron chi connectivity index (χ4n) is 2.63. The molecular formula is C26H52ClFO12. The van der Waals surface area contributed by atoms with Gasteiger partial charge in [-0.05, 0) is 0 Å². The molecule has 0 rings (SSSR count). The summed E-state index contributed by atoms with van der Waals surface area (Å²) in [4.78, 5) is 0. The Balaban J connectivity index is 3.01. The molecule has 0 bridgehead atoms. The molecule has 0 amide bonds. The van der Waals surface area contributed by atoms with Crippen molar-refractivity contribution < 1.29 is 61.2 Å². The molecule has 0 aliphatic rings. The lowest BCUT2D eigenvalue weighted by molar-refractivity contribution is -0.0283. The summed E-state index contributed by atoms with van der Waals surface area (Å²) in [6.07, 6.45) is 0. The highest BCUT2D eigenvalue weighted by atomic mass is 35.5. The van der Waals surface area contributed by atoms with Crippen LogP contribution in [0.25, 0.3) is 0 Å². The number of alkyl halides is 2. The van der Waals surface area contributed by atoms with E-state index in [0.717, 1.165) is 0 Å². The molecule has 0 aromatic rings. The van der Waals surface area contributed by atoms with Crippen molar-refractivity contribution in [2.75, 3.05) is 171 Å². The Hall–Kier alpha value is -0.260. The number of ether oxygens (including phenoxy) is 12. The van der Waals surface area contributed by atoms with Gasteiger partial charge in [0.25, 0.3) is 0 Å². The van der Waals surface area contributed by atoms with Crippen molar-refractivity contribution in [3.63, 3.8) is 0 Å². The molecule has 0 saturated carbocycles. The van der Waals surface area contributed by atoms with Crippen LogP contribution in [-0.4, -0.2) is 171 Å². The van der Waals surface area contributed by atoms with Gasteiger partial charge in [-0.25, -0.2) is 4.39 Å². The fourth-order valence-corrected chi connectivity index (χ4v) is 2.74. The van der Waals surface area contributed by atoms with Gasteiger partial charge in [0.05, 0.1) is 159 Å². The minimum Gasteiger partial charge on any atom is -0.378 e. The first-order valence-corrected chi connectivity index (χ1v) is 14.5. The summed E-state index contributed by atoms with van der Waals surface area (Å²) < 4.78 is 76.0. The van der Waals surface area contributed by atoms with Crippen molar-refractivity contribution in [2.45, 2.75) is 0 Å². The monoisotopic (exact) mass is 610 g/mol. The quantitative estimate of drug-likeness (QED) is 0.0749. The van der Waals surface area contributed by atoms with Crippen LogP contribution in [0.4, 0.5) is 4.39 Å². The lowest BCUT2D eigenvalue weighted by Gasteiger charge is -2.09. The van der Waals surface area contributed by atoms with Crippen molar-refractivity contribution in [3.05, 3.63) is 0 Å². The maximum absolute atomic E-state index is 11.8. The van der Waals surface area contributed by atoms with E-state index in [4.69, 9.17) is 68.4 Å². The first kappa shape index (κ1) is 39.7. The molecule has 0 heterocycles. The third-order valence-electron chi connectivity index (χ3n) is 4.54. The first-order chi connectivity index (χ1) is 19.9. The summed E-state index contributed by atoms with van der Waals surface area (Å²) in [7, 11) is 0. The minimum absolute atomic E-state index is 0.113. The molecule has 0 N–H and O–H groups in total. The van der Waals surface area contributed by atoms with Crippen molar-refractivity contribution >= 4 is 11.6 Å². The Morgan fingerprint density at radius 3 is 0.550 bits per heavy atom. The van der Waals surface area contributed by atoms with Crippen LogP contribution in [0.1, 0.15) is 0 Å². The van der Waals surface area contributed by atoms with E-state index in [9.17, 15) is 4.39 Å². The Labute approximate surface area is 244 Å². The molecule has 12 nitrogen and oxygen atoms in total. The summed E-state index contributed by atoms with van der Waals surface area (Å²) in [5.74, 6) is 0.495. The predicted molar refractivity (Wildman–Crippen MR) is 147 cm³/mol. The molecule has 0 saturated heterocycles. The van der Waals surface area contributed by atoms with E-state index in [1.165, 1.54) is 0 Å². The van der Waals surface area contributed by atoms with Crippen LogP contribution in [-0.2, 0) is 56.8 Å². The van der Waals surface area contributed by atoms with Crippen LogP contribution in [0.15, 0.2) is 0 Å². The maximum Gasteiger partial charge on any atom is 0.113 e. The fraction of sp³-hybridized carbons (Fsp3) is 1.00. The minimum atomic E-state index is -0.474. The average Bonchev–Trinajstić information content (AvgIpc) is 2.97. The largest absolute Gasteiger partial charge is 0.378 e. The second-order valence-corrected chi connectivity index (χ2v) is 8.10. The predicted octanol–water partition coefficient (Wildman–Crippen LogP) is 1.39. The van der Waals surface area contributed by atoms with Crippen molar-refractivity contribution in [3.8, 4) is 0 Å². The summed E-state index contributed by atoms with van der Waals surface area (Å²) >= 11 is 5.50. The molecule has 0 aliphatic carbocycles. The van der Waals surface area contributed by atoms with Gasteiger partial charge in [-0.2, -0.15) is 0 Å². The van der Waals surface area contributed by atoms with E-state index < -0.39 is 6.67 Å². The maximum atomic E-state index is 11.8. The molecule has 14 heteroatoms. The number of rotatable bonds is 37. The second-order valence-electron chi connectivity index (χ2n) is 7.73. The molecule has 242 valence electrons.